The van der Waals surface area contributed by atoms with Crippen LogP contribution in [0.25, 0.3) is 0 Å². The number of halogens is 1. The molecule has 2 aromatic rings. The molecule has 2 heterocycles. The molecule has 1 aliphatic rings. The van der Waals surface area contributed by atoms with Crippen LogP contribution in [0.3, 0.4) is 0 Å². The fourth-order valence-corrected chi connectivity index (χ4v) is 2.86. The predicted molar refractivity (Wildman–Crippen MR) is 108 cm³/mol. The molecular weight excluding hydrogens is 431 g/mol. The van der Waals surface area contributed by atoms with Crippen LogP contribution in [0.5, 0.6) is 0 Å². The maximum absolute atomic E-state index is 4.99. The predicted octanol–water partition coefficient (Wildman–Crippen LogP) is 1.89. The van der Waals surface area contributed by atoms with Gasteiger partial charge in [-0.2, -0.15) is 4.98 Å². The van der Waals surface area contributed by atoms with Gasteiger partial charge in [-0.1, -0.05) is 35.5 Å². The lowest BCUT2D eigenvalue weighted by atomic mass is 10.2. The van der Waals surface area contributed by atoms with Crippen LogP contribution in [0.1, 0.15) is 17.3 Å². The normalized spacial score (nSPS) is 15.8. The Bertz CT molecular complexity index is 667. The molecule has 3 rings (SSSR count). The zero-order valence-corrected chi connectivity index (χ0v) is 17.0. The van der Waals surface area contributed by atoms with Crippen molar-refractivity contribution in [3.05, 3.63) is 47.6 Å². The second-order valence-corrected chi connectivity index (χ2v) is 5.88. The van der Waals surface area contributed by atoms with E-state index in [0.717, 1.165) is 38.7 Å². The SMILES string of the molecule is CN=C(NCc1noc(C)n1)N1CCN(Cc2ccccc2)CC1.I. The molecule has 0 spiro atoms. The van der Waals surface area contributed by atoms with Crippen molar-refractivity contribution in [2.75, 3.05) is 33.2 Å². The molecule has 1 fully saturated rings. The van der Waals surface area contributed by atoms with Gasteiger partial charge in [0.2, 0.25) is 5.89 Å². The van der Waals surface area contributed by atoms with Crippen LogP contribution in [0.15, 0.2) is 39.8 Å². The molecule has 0 unspecified atom stereocenters. The molecule has 1 N–H and O–H groups in total. The molecule has 136 valence electrons. The summed E-state index contributed by atoms with van der Waals surface area (Å²) in [6, 6.07) is 10.6. The number of benzene rings is 1. The van der Waals surface area contributed by atoms with Crippen molar-refractivity contribution in [3.8, 4) is 0 Å². The van der Waals surface area contributed by atoms with Gasteiger partial charge in [0, 0.05) is 46.7 Å². The standard InChI is InChI=1S/C17H24N6O.HI/c1-14-20-16(21-24-14)12-19-17(18-2)23-10-8-22(9-11-23)13-15-6-4-3-5-7-15;/h3-7H,8-13H2,1-2H3,(H,18,19);1H. The molecule has 25 heavy (non-hydrogen) atoms. The molecule has 0 aliphatic carbocycles. The minimum Gasteiger partial charge on any atom is -0.349 e. The monoisotopic (exact) mass is 456 g/mol. The molecule has 1 saturated heterocycles. The Hall–Kier alpha value is -1.68. The minimum absolute atomic E-state index is 0. The van der Waals surface area contributed by atoms with Crippen molar-refractivity contribution >= 4 is 29.9 Å². The van der Waals surface area contributed by atoms with Crippen LogP contribution in [-0.2, 0) is 13.1 Å². The van der Waals surface area contributed by atoms with Crippen LogP contribution in [0, 0.1) is 6.92 Å². The number of aryl methyl sites for hydroxylation is 1. The lowest BCUT2D eigenvalue weighted by Crippen LogP contribution is -2.52. The second kappa shape index (κ2) is 9.71. The van der Waals surface area contributed by atoms with Crippen molar-refractivity contribution in [2.24, 2.45) is 4.99 Å². The molecule has 1 aromatic heterocycles. The highest BCUT2D eigenvalue weighted by Crippen LogP contribution is 2.08. The molecule has 0 bridgehead atoms. The molecule has 1 aromatic carbocycles. The minimum atomic E-state index is 0. The first kappa shape index (κ1) is 19.6. The highest BCUT2D eigenvalue weighted by atomic mass is 127. The van der Waals surface area contributed by atoms with Gasteiger partial charge in [-0.05, 0) is 5.56 Å². The molecule has 8 heteroatoms. The van der Waals surface area contributed by atoms with E-state index in [1.165, 1.54) is 5.56 Å². The molecule has 7 nitrogen and oxygen atoms in total. The Morgan fingerprint density at radius 1 is 1.20 bits per heavy atom. The van der Waals surface area contributed by atoms with Gasteiger partial charge in [-0.25, -0.2) is 0 Å². The Labute approximate surface area is 165 Å². The maximum atomic E-state index is 4.99. The summed E-state index contributed by atoms with van der Waals surface area (Å²) in [4.78, 5) is 13.3. The van der Waals surface area contributed by atoms with Gasteiger partial charge >= 0.3 is 0 Å². The average molecular weight is 456 g/mol. The van der Waals surface area contributed by atoms with E-state index in [2.05, 4.69) is 60.6 Å². The van der Waals surface area contributed by atoms with Crippen LogP contribution in [0.4, 0.5) is 0 Å². The summed E-state index contributed by atoms with van der Waals surface area (Å²) in [5, 5.41) is 7.20. The largest absolute Gasteiger partial charge is 0.349 e. The number of aliphatic imine (C=N–C) groups is 1. The first-order valence-corrected chi connectivity index (χ1v) is 8.25. The second-order valence-electron chi connectivity index (χ2n) is 5.88. The molecular formula is C17H25IN6O. The highest BCUT2D eigenvalue weighted by Gasteiger charge is 2.19. The third kappa shape index (κ3) is 5.67. The van der Waals surface area contributed by atoms with Crippen molar-refractivity contribution in [3.63, 3.8) is 0 Å². The smallest absolute Gasteiger partial charge is 0.223 e. The fraction of sp³-hybridized carbons (Fsp3) is 0.471. The molecule has 1 aliphatic heterocycles. The number of nitrogens with zero attached hydrogens (tertiary/aromatic N) is 5. The summed E-state index contributed by atoms with van der Waals surface area (Å²) in [6.45, 7) is 7.28. The lowest BCUT2D eigenvalue weighted by Gasteiger charge is -2.36. The van der Waals surface area contributed by atoms with E-state index in [4.69, 9.17) is 4.52 Å². The third-order valence-electron chi connectivity index (χ3n) is 4.11. The van der Waals surface area contributed by atoms with E-state index in [1.807, 2.05) is 0 Å². The average Bonchev–Trinajstić information content (AvgIpc) is 3.03. The maximum Gasteiger partial charge on any atom is 0.223 e. The first-order chi connectivity index (χ1) is 11.7. The summed E-state index contributed by atoms with van der Waals surface area (Å²) < 4.78 is 4.99. The van der Waals surface area contributed by atoms with Crippen LogP contribution in [0.2, 0.25) is 0 Å². The Balaban J connectivity index is 0.00000225. The van der Waals surface area contributed by atoms with E-state index >= 15 is 0 Å². The molecule has 0 radical (unpaired) electrons. The highest BCUT2D eigenvalue weighted by molar-refractivity contribution is 14.0. The summed E-state index contributed by atoms with van der Waals surface area (Å²) in [6.07, 6.45) is 0. The summed E-state index contributed by atoms with van der Waals surface area (Å²) in [7, 11) is 1.81. The molecule has 0 atom stereocenters. The zero-order chi connectivity index (χ0) is 16.8. The number of rotatable bonds is 4. The number of hydrogen-bond acceptors (Lipinski definition) is 5. The number of nitrogens with one attached hydrogen (secondary N) is 1. The van der Waals surface area contributed by atoms with E-state index in [0.29, 0.717) is 18.3 Å². The summed E-state index contributed by atoms with van der Waals surface area (Å²) in [5.41, 5.74) is 1.36. The van der Waals surface area contributed by atoms with E-state index in [1.54, 1.807) is 14.0 Å². The molecule has 0 saturated carbocycles. The van der Waals surface area contributed by atoms with Crippen molar-refractivity contribution in [2.45, 2.75) is 20.0 Å². The summed E-state index contributed by atoms with van der Waals surface area (Å²) >= 11 is 0. The Morgan fingerprint density at radius 3 is 2.52 bits per heavy atom. The van der Waals surface area contributed by atoms with Gasteiger partial charge in [0.25, 0.3) is 0 Å². The van der Waals surface area contributed by atoms with E-state index in [-0.39, 0.29) is 24.0 Å². The third-order valence-corrected chi connectivity index (χ3v) is 4.11. The number of hydrogen-bond donors (Lipinski definition) is 1. The number of piperazine rings is 1. The Morgan fingerprint density at radius 2 is 1.92 bits per heavy atom. The topological polar surface area (TPSA) is 69.8 Å². The van der Waals surface area contributed by atoms with Gasteiger partial charge in [0.05, 0.1) is 6.54 Å². The van der Waals surface area contributed by atoms with Crippen molar-refractivity contribution in [1.29, 1.82) is 0 Å². The summed E-state index contributed by atoms with van der Waals surface area (Å²) in [5.74, 6) is 2.12. The first-order valence-electron chi connectivity index (χ1n) is 8.25. The van der Waals surface area contributed by atoms with E-state index in [9.17, 15) is 0 Å². The Kier molecular flexibility index (Phi) is 7.63. The quantitative estimate of drug-likeness (QED) is 0.431. The zero-order valence-electron chi connectivity index (χ0n) is 14.7. The van der Waals surface area contributed by atoms with E-state index < -0.39 is 0 Å². The van der Waals surface area contributed by atoms with Gasteiger partial charge in [-0.3, -0.25) is 9.89 Å². The van der Waals surface area contributed by atoms with Crippen LogP contribution < -0.4 is 5.32 Å². The van der Waals surface area contributed by atoms with Crippen molar-refractivity contribution < 1.29 is 4.52 Å². The molecule has 0 amide bonds. The lowest BCUT2D eigenvalue weighted by molar-refractivity contribution is 0.172. The van der Waals surface area contributed by atoms with Gasteiger partial charge in [0.15, 0.2) is 11.8 Å². The van der Waals surface area contributed by atoms with Gasteiger partial charge in [-0.15, -0.1) is 24.0 Å². The fourth-order valence-electron chi connectivity index (χ4n) is 2.86. The number of aromatic nitrogens is 2. The van der Waals surface area contributed by atoms with Crippen LogP contribution in [-0.4, -0.2) is 59.1 Å². The number of guanidine groups is 1. The van der Waals surface area contributed by atoms with Crippen LogP contribution >= 0.6 is 24.0 Å². The van der Waals surface area contributed by atoms with Gasteiger partial charge in [0.1, 0.15) is 0 Å². The van der Waals surface area contributed by atoms with Crippen molar-refractivity contribution in [1.82, 2.24) is 25.3 Å². The van der Waals surface area contributed by atoms with Gasteiger partial charge < -0.3 is 14.7 Å².